The Morgan fingerprint density at radius 3 is 2.43 bits per heavy atom. The summed E-state index contributed by atoms with van der Waals surface area (Å²) in [6.07, 6.45) is 8.49. The van der Waals surface area contributed by atoms with E-state index in [9.17, 15) is 4.39 Å². The second-order valence-electron chi connectivity index (χ2n) is 10.7. The van der Waals surface area contributed by atoms with E-state index in [4.69, 9.17) is 21.1 Å². The lowest BCUT2D eigenvalue weighted by molar-refractivity contribution is 0.405. The van der Waals surface area contributed by atoms with E-state index in [0.29, 0.717) is 22.9 Å². The molecule has 0 radical (unpaired) electrons. The highest BCUT2D eigenvalue weighted by Gasteiger charge is 2.24. The lowest BCUT2D eigenvalue weighted by Crippen LogP contribution is -2.12. The molecule has 1 aliphatic rings. The van der Waals surface area contributed by atoms with E-state index in [0.717, 1.165) is 48.0 Å². The molecule has 0 spiro atoms. The van der Waals surface area contributed by atoms with Crippen LogP contribution in [0, 0.1) is 5.82 Å². The van der Waals surface area contributed by atoms with Gasteiger partial charge in [0.05, 0.1) is 19.6 Å². The molecule has 5 aromatic carbocycles. The smallest absolute Gasteiger partial charge is 0.131 e. The molecule has 1 aliphatic carbocycles. The number of aromatic nitrogens is 1. The summed E-state index contributed by atoms with van der Waals surface area (Å²) in [4.78, 5) is 4.01. The number of hydrogen-bond acceptors (Lipinski definition) is 3. The first-order valence-corrected chi connectivity index (χ1v) is 14.8. The maximum absolute atomic E-state index is 14.3. The number of fused-ring (bicyclic) bond motifs is 6. The molecule has 1 aromatic heterocycles. The van der Waals surface area contributed by atoms with Crippen molar-refractivity contribution in [3.63, 3.8) is 0 Å². The minimum atomic E-state index is -0.211. The van der Waals surface area contributed by atoms with Gasteiger partial charge >= 0.3 is 0 Å². The SMILES string of the molecule is COc1cccc2c1c(OC)cc1c3c(ccc12)[C@H](CCc1c(F)cccc1Cl)CCC3.c1ccc2cnccc2c1. The Kier molecular flexibility index (Phi) is 8.25. The minimum Gasteiger partial charge on any atom is -0.496 e. The summed E-state index contributed by atoms with van der Waals surface area (Å²) in [5.41, 5.74) is 3.39. The molecule has 0 aliphatic heterocycles. The van der Waals surface area contributed by atoms with E-state index < -0.39 is 0 Å². The van der Waals surface area contributed by atoms with E-state index in [1.807, 2.05) is 42.7 Å². The van der Waals surface area contributed by atoms with Crippen molar-refractivity contribution in [2.24, 2.45) is 0 Å². The van der Waals surface area contributed by atoms with Gasteiger partial charge in [0.25, 0.3) is 0 Å². The van der Waals surface area contributed by atoms with Gasteiger partial charge in [-0.25, -0.2) is 4.39 Å². The van der Waals surface area contributed by atoms with Crippen molar-refractivity contribution in [3.8, 4) is 11.5 Å². The molecule has 0 amide bonds. The summed E-state index contributed by atoms with van der Waals surface area (Å²) in [6, 6.07) is 27.9. The highest BCUT2D eigenvalue weighted by Crippen LogP contribution is 2.44. The first-order chi connectivity index (χ1) is 20.6. The van der Waals surface area contributed by atoms with Gasteiger partial charge < -0.3 is 9.47 Å². The molecular weight excluding hydrogens is 545 g/mol. The third-order valence-electron chi connectivity index (χ3n) is 8.44. The van der Waals surface area contributed by atoms with Crippen LogP contribution in [0.25, 0.3) is 32.3 Å². The Morgan fingerprint density at radius 1 is 0.833 bits per heavy atom. The summed E-state index contributed by atoms with van der Waals surface area (Å²) < 4.78 is 25.7. The van der Waals surface area contributed by atoms with Crippen molar-refractivity contribution in [2.75, 3.05) is 14.2 Å². The summed E-state index contributed by atoms with van der Waals surface area (Å²) in [7, 11) is 3.40. The van der Waals surface area contributed by atoms with Crippen molar-refractivity contribution >= 4 is 43.9 Å². The van der Waals surface area contributed by atoms with Gasteiger partial charge in [-0.2, -0.15) is 0 Å². The van der Waals surface area contributed by atoms with Gasteiger partial charge in [-0.1, -0.05) is 66.2 Å². The molecule has 6 aromatic rings. The van der Waals surface area contributed by atoms with Crippen LogP contribution in [0.5, 0.6) is 11.5 Å². The molecule has 212 valence electrons. The fraction of sp³-hybridized carbons (Fsp3) is 0.216. The van der Waals surface area contributed by atoms with Crippen molar-refractivity contribution in [3.05, 3.63) is 125 Å². The number of rotatable bonds is 5. The number of ether oxygens (including phenoxy) is 2. The number of pyridine rings is 1. The molecule has 42 heavy (non-hydrogen) atoms. The summed E-state index contributed by atoms with van der Waals surface area (Å²) in [5, 5.41) is 7.57. The number of benzene rings is 5. The van der Waals surface area contributed by atoms with Crippen molar-refractivity contribution in [1.29, 1.82) is 0 Å². The van der Waals surface area contributed by atoms with E-state index in [1.54, 1.807) is 26.4 Å². The molecule has 7 rings (SSSR count). The van der Waals surface area contributed by atoms with E-state index in [1.165, 1.54) is 38.7 Å². The first-order valence-electron chi connectivity index (χ1n) is 14.4. The summed E-state index contributed by atoms with van der Waals surface area (Å²) in [5.74, 6) is 1.83. The van der Waals surface area contributed by atoms with Crippen LogP contribution in [0.4, 0.5) is 4.39 Å². The monoisotopic (exact) mass is 577 g/mol. The molecular formula is C37H33ClFNO2. The van der Waals surface area contributed by atoms with E-state index >= 15 is 0 Å². The highest BCUT2D eigenvalue weighted by atomic mass is 35.5. The number of hydrogen-bond donors (Lipinski definition) is 0. The third kappa shape index (κ3) is 5.39. The maximum atomic E-state index is 14.3. The average Bonchev–Trinajstić information content (AvgIpc) is 3.04. The van der Waals surface area contributed by atoms with Crippen molar-refractivity contribution < 1.29 is 13.9 Å². The van der Waals surface area contributed by atoms with Crippen LogP contribution in [0.3, 0.4) is 0 Å². The van der Waals surface area contributed by atoms with Crippen LogP contribution in [0.1, 0.15) is 41.9 Å². The zero-order chi connectivity index (χ0) is 29.1. The van der Waals surface area contributed by atoms with Crippen molar-refractivity contribution in [2.45, 2.75) is 38.0 Å². The van der Waals surface area contributed by atoms with Crippen LogP contribution in [-0.2, 0) is 12.8 Å². The Labute approximate surface area is 250 Å². The number of halogens is 2. The minimum absolute atomic E-state index is 0.211. The van der Waals surface area contributed by atoms with Gasteiger partial charge in [0.1, 0.15) is 17.3 Å². The Bertz CT molecular complexity index is 1800. The van der Waals surface area contributed by atoms with Gasteiger partial charge in [-0.3, -0.25) is 4.98 Å². The third-order valence-corrected chi connectivity index (χ3v) is 8.80. The summed E-state index contributed by atoms with van der Waals surface area (Å²) in [6.45, 7) is 0. The summed E-state index contributed by atoms with van der Waals surface area (Å²) >= 11 is 6.27. The average molecular weight is 578 g/mol. The zero-order valence-electron chi connectivity index (χ0n) is 23.9. The van der Waals surface area contributed by atoms with E-state index in [2.05, 4.69) is 41.4 Å². The topological polar surface area (TPSA) is 31.4 Å². The molecule has 0 fully saturated rings. The van der Waals surface area contributed by atoms with Crippen molar-refractivity contribution in [1.82, 2.24) is 4.98 Å². The number of aryl methyl sites for hydroxylation is 1. The zero-order valence-corrected chi connectivity index (χ0v) is 24.6. The van der Waals surface area contributed by atoms with Gasteiger partial charge in [-0.05, 0) is 106 Å². The first kappa shape index (κ1) is 28.0. The second-order valence-corrected chi connectivity index (χ2v) is 11.1. The maximum Gasteiger partial charge on any atom is 0.131 e. The van der Waals surface area contributed by atoms with E-state index in [-0.39, 0.29) is 5.82 Å². The van der Waals surface area contributed by atoms with Gasteiger partial charge in [0, 0.05) is 23.0 Å². The molecule has 0 unspecified atom stereocenters. The van der Waals surface area contributed by atoms with Crippen LogP contribution in [0.15, 0.2) is 97.3 Å². The normalized spacial score (nSPS) is 14.3. The fourth-order valence-electron chi connectivity index (χ4n) is 6.38. The standard InChI is InChI=1S/C28H26ClFO2.C9H7N/c1-31-26-11-4-8-21-20-15-14-18-17(12-13-22-24(29)9-5-10-25(22)30)6-3-7-19(18)23(20)16-27(32-2)28(21)26;1-2-4-9-7-10-6-5-8(9)3-1/h4-5,8-11,14-17H,3,6-7,12-13H2,1-2H3;1-7H/t17-;/m0./s1. The fourth-order valence-corrected chi connectivity index (χ4v) is 6.64. The lowest BCUT2D eigenvalue weighted by Gasteiger charge is -2.28. The van der Waals surface area contributed by atoms with Crippen LogP contribution in [-0.4, -0.2) is 19.2 Å². The molecule has 3 nitrogen and oxygen atoms in total. The second kappa shape index (κ2) is 12.4. The quantitative estimate of drug-likeness (QED) is 0.191. The predicted molar refractivity (Wildman–Crippen MR) is 172 cm³/mol. The Hall–Kier alpha value is -4.15. The molecule has 0 saturated carbocycles. The predicted octanol–water partition coefficient (Wildman–Crippen LogP) is 10.1. The highest BCUT2D eigenvalue weighted by molar-refractivity contribution is 6.31. The number of nitrogens with zero attached hydrogens (tertiary/aromatic N) is 1. The number of methoxy groups -OCH3 is 2. The largest absolute Gasteiger partial charge is 0.496 e. The molecule has 1 heterocycles. The lowest BCUT2D eigenvalue weighted by atomic mass is 9.77. The van der Waals surface area contributed by atoms with Crippen LogP contribution < -0.4 is 9.47 Å². The molecule has 5 heteroatoms. The Balaban J connectivity index is 0.000000265. The molecule has 0 saturated heterocycles. The van der Waals surface area contributed by atoms with Crippen LogP contribution >= 0.6 is 11.6 Å². The van der Waals surface area contributed by atoms with Gasteiger partial charge in [0.15, 0.2) is 0 Å². The Morgan fingerprint density at radius 2 is 1.64 bits per heavy atom. The molecule has 1 atom stereocenters. The van der Waals surface area contributed by atoms with Gasteiger partial charge in [0.2, 0.25) is 0 Å². The van der Waals surface area contributed by atoms with Gasteiger partial charge in [-0.15, -0.1) is 0 Å². The molecule has 0 bridgehead atoms. The molecule has 0 N–H and O–H groups in total. The van der Waals surface area contributed by atoms with Crippen LogP contribution in [0.2, 0.25) is 5.02 Å².